The third kappa shape index (κ3) is 3.38. The molecule has 0 heterocycles. The quantitative estimate of drug-likeness (QED) is 0.776. The summed E-state index contributed by atoms with van der Waals surface area (Å²) >= 11 is 2.00. The van der Waals surface area contributed by atoms with Crippen LogP contribution in [0.4, 0.5) is 0 Å². The molecule has 0 N–H and O–H groups in total. The van der Waals surface area contributed by atoms with Crippen molar-refractivity contribution in [1.82, 2.24) is 0 Å². The van der Waals surface area contributed by atoms with Gasteiger partial charge < -0.3 is 0 Å². The molecule has 1 aromatic rings. The molecule has 1 nitrogen and oxygen atoms in total. The highest BCUT2D eigenvalue weighted by Crippen LogP contribution is 2.28. The maximum Gasteiger partial charge on any atom is 0.132 e. The average Bonchev–Trinajstić information content (AvgIpc) is 2.30. The Morgan fingerprint density at radius 1 is 1.13 bits per heavy atom. The molecule has 1 saturated carbocycles. The van der Waals surface area contributed by atoms with E-state index in [9.17, 15) is 4.79 Å². The van der Waals surface area contributed by atoms with Crippen molar-refractivity contribution in [3.63, 3.8) is 0 Å². The minimum Gasteiger partial charge on any atom is -0.300 e. The minimum absolute atomic E-state index is 0.451. The molecule has 1 fully saturated rings. The number of thioether (sulfide) groups is 1. The Labute approximate surface area is 95.3 Å². The molecule has 0 saturated heterocycles. The standard InChI is InChI=1S/C13H16OS/c14-12-6-8-13(9-7-12)15-10-11-4-2-1-3-5-11/h1-5,13H,6-10H2. The molecule has 2 heteroatoms. The second kappa shape index (κ2) is 5.36. The van der Waals surface area contributed by atoms with Crippen LogP contribution >= 0.6 is 11.8 Å². The number of hydrogen-bond acceptors (Lipinski definition) is 2. The molecule has 0 aliphatic heterocycles. The fourth-order valence-corrected chi connectivity index (χ4v) is 3.06. The van der Waals surface area contributed by atoms with E-state index in [4.69, 9.17) is 0 Å². The van der Waals surface area contributed by atoms with Crippen molar-refractivity contribution >= 4 is 17.5 Å². The lowest BCUT2D eigenvalue weighted by atomic mass is 9.99. The van der Waals surface area contributed by atoms with Gasteiger partial charge in [-0.25, -0.2) is 0 Å². The Morgan fingerprint density at radius 2 is 1.80 bits per heavy atom. The van der Waals surface area contributed by atoms with Gasteiger partial charge in [0.15, 0.2) is 0 Å². The van der Waals surface area contributed by atoms with Crippen molar-refractivity contribution in [3.05, 3.63) is 35.9 Å². The molecule has 0 spiro atoms. The molecule has 1 aliphatic carbocycles. The Bertz CT molecular complexity index is 311. The SMILES string of the molecule is O=C1CCC(SCc2ccccc2)CC1. The molecule has 1 aliphatic rings. The van der Waals surface area contributed by atoms with Crippen LogP contribution in [0, 0.1) is 0 Å². The molecule has 0 radical (unpaired) electrons. The molecule has 0 aromatic heterocycles. The van der Waals surface area contributed by atoms with Gasteiger partial charge in [-0.2, -0.15) is 11.8 Å². The van der Waals surface area contributed by atoms with E-state index < -0.39 is 0 Å². The Hall–Kier alpha value is -0.760. The summed E-state index contributed by atoms with van der Waals surface area (Å²) in [6, 6.07) is 10.6. The van der Waals surface area contributed by atoms with Gasteiger partial charge in [-0.05, 0) is 18.4 Å². The minimum atomic E-state index is 0.451. The number of ketones is 1. The van der Waals surface area contributed by atoms with Crippen molar-refractivity contribution in [2.45, 2.75) is 36.7 Å². The molecule has 80 valence electrons. The van der Waals surface area contributed by atoms with Gasteiger partial charge in [0.05, 0.1) is 0 Å². The fraction of sp³-hybridized carbons (Fsp3) is 0.462. The number of hydrogen-bond donors (Lipinski definition) is 0. The normalized spacial score (nSPS) is 18.0. The number of rotatable bonds is 3. The summed E-state index contributed by atoms with van der Waals surface area (Å²) in [5.74, 6) is 1.53. The first-order valence-corrected chi connectivity index (χ1v) is 6.57. The highest BCUT2D eigenvalue weighted by atomic mass is 32.2. The summed E-state index contributed by atoms with van der Waals surface area (Å²) in [6.07, 6.45) is 3.76. The zero-order valence-electron chi connectivity index (χ0n) is 8.82. The summed E-state index contributed by atoms with van der Waals surface area (Å²) < 4.78 is 0. The lowest BCUT2D eigenvalue weighted by Gasteiger charge is -2.20. The molecule has 0 atom stereocenters. The average molecular weight is 220 g/mol. The Balaban J connectivity index is 1.77. The zero-order valence-corrected chi connectivity index (χ0v) is 9.63. The second-order valence-corrected chi connectivity index (χ2v) is 5.32. The summed E-state index contributed by atoms with van der Waals surface area (Å²) in [4.78, 5) is 11.1. The summed E-state index contributed by atoms with van der Waals surface area (Å²) in [6.45, 7) is 0. The summed E-state index contributed by atoms with van der Waals surface area (Å²) in [7, 11) is 0. The number of carbonyl (C=O) groups excluding carboxylic acids is 1. The van der Waals surface area contributed by atoms with Crippen LogP contribution < -0.4 is 0 Å². The first kappa shape index (κ1) is 10.7. The first-order chi connectivity index (χ1) is 7.34. The molecule has 2 rings (SSSR count). The first-order valence-electron chi connectivity index (χ1n) is 5.52. The maximum absolute atomic E-state index is 11.1. The maximum atomic E-state index is 11.1. The molecular weight excluding hydrogens is 204 g/mol. The van der Waals surface area contributed by atoms with Crippen molar-refractivity contribution in [3.8, 4) is 0 Å². The van der Waals surface area contributed by atoms with Crippen LogP contribution in [-0.2, 0) is 10.5 Å². The summed E-state index contributed by atoms with van der Waals surface area (Å²) in [5.41, 5.74) is 1.39. The van der Waals surface area contributed by atoms with E-state index in [1.807, 2.05) is 17.8 Å². The van der Waals surface area contributed by atoms with Crippen LogP contribution in [-0.4, -0.2) is 11.0 Å². The third-order valence-corrected chi connectivity index (χ3v) is 4.26. The van der Waals surface area contributed by atoms with E-state index in [0.717, 1.165) is 31.4 Å². The largest absolute Gasteiger partial charge is 0.300 e. The van der Waals surface area contributed by atoms with Crippen LogP contribution in [0.1, 0.15) is 31.2 Å². The van der Waals surface area contributed by atoms with E-state index in [2.05, 4.69) is 24.3 Å². The fourth-order valence-electron chi connectivity index (χ4n) is 1.87. The molecule has 0 unspecified atom stereocenters. The molecule has 0 amide bonds. The molecule has 15 heavy (non-hydrogen) atoms. The predicted octanol–water partition coefficient (Wildman–Crippen LogP) is 3.43. The van der Waals surface area contributed by atoms with Crippen molar-refractivity contribution < 1.29 is 4.79 Å². The van der Waals surface area contributed by atoms with E-state index >= 15 is 0 Å². The van der Waals surface area contributed by atoms with Crippen LogP contribution in [0.2, 0.25) is 0 Å². The van der Waals surface area contributed by atoms with Crippen molar-refractivity contribution in [2.24, 2.45) is 0 Å². The Kier molecular flexibility index (Phi) is 3.84. The lowest BCUT2D eigenvalue weighted by Crippen LogP contribution is -2.15. The lowest BCUT2D eigenvalue weighted by molar-refractivity contribution is -0.120. The second-order valence-electron chi connectivity index (χ2n) is 4.03. The Morgan fingerprint density at radius 3 is 2.47 bits per heavy atom. The van der Waals surface area contributed by atoms with Crippen molar-refractivity contribution in [1.29, 1.82) is 0 Å². The number of benzene rings is 1. The van der Waals surface area contributed by atoms with Gasteiger partial charge in [0.25, 0.3) is 0 Å². The van der Waals surface area contributed by atoms with Crippen LogP contribution in [0.5, 0.6) is 0 Å². The highest BCUT2D eigenvalue weighted by Gasteiger charge is 2.18. The number of carbonyl (C=O) groups is 1. The van der Waals surface area contributed by atoms with E-state index in [1.54, 1.807) is 0 Å². The number of Topliss-reactive ketones (excluding diaryl/α,β-unsaturated/α-hetero) is 1. The van der Waals surface area contributed by atoms with Gasteiger partial charge in [0.1, 0.15) is 5.78 Å². The van der Waals surface area contributed by atoms with Crippen LogP contribution in [0.3, 0.4) is 0 Å². The van der Waals surface area contributed by atoms with Gasteiger partial charge in [-0.15, -0.1) is 0 Å². The van der Waals surface area contributed by atoms with E-state index in [0.29, 0.717) is 11.0 Å². The highest BCUT2D eigenvalue weighted by molar-refractivity contribution is 7.99. The zero-order chi connectivity index (χ0) is 10.5. The van der Waals surface area contributed by atoms with Crippen molar-refractivity contribution in [2.75, 3.05) is 0 Å². The molecule has 0 bridgehead atoms. The molecular formula is C13H16OS. The van der Waals surface area contributed by atoms with E-state index in [1.165, 1.54) is 5.56 Å². The van der Waals surface area contributed by atoms with Gasteiger partial charge in [0.2, 0.25) is 0 Å². The van der Waals surface area contributed by atoms with Gasteiger partial charge in [-0.1, -0.05) is 30.3 Å². The van der Waals surface area contributed by atoms with Gasteiger partial charge in [-0.3, -0.25) is 4.79 Å². The molecule has 1 aromatic carbocycles. The third-order valence-electron chi connectivity index (χ3n) is 2.82. The van der Waals surface area contributed by atoms with Gasteiger partial charge in [0, 0.05) is 23.8 Å². The smallest absolute Gasteiger partial charge is 0.132 e. The van der Waals surface area contributed by atoms with Crippen LogP contribution in [0.15, 0.2) is 30.3 Å². The summed E-state index contributed by atoms with van der Waals surface area (Å²) in [5, 5.41) is 0.697. The van der Waals surface area contributed by atoms with E-state index in [-0.39, 0.29) is 0 Å². The van der Waals surface area contributed by atoms with Gasteiger partial charge >= 0.3 is 0 Å². The predicted molar refractivity (Wildman–Crippen MR) is 65.0 cm³/mol. The monoisotopic (exact) mass is 220 g/mol. The topological polar surface area (TPSA) is 17.1 Å². The van der Waals surface area contributed by atoms with Crippen LogP contribution in [0.25, 0.3) is 0 Å².